The first-order chi connectivity index (χ1) is 7.06. The minimum Gasteiger partial charge on any atom is -0.395 e. The third-order valence-corrected chi connectivity index (χ3v) is 1.74. The lowest BCUT2D eigenvalue weighted by molar-refractivity contribution is -0.115. The number of carbonyl (C=O) groups excluding carboxylic acids is 1. The zero-order chi connectivity index (χ0) is 11.4. The van der Waals surface area contributed by atoms with Crippen molar-refractivity contribution in [3.05, 3.63) is 23.8 Å². The van der Waals surface area contributed by atoms with Crippen LogP contribution in [0.2, 0.25) is 0 Å². The lowest BCUT2D eigenvalue weighted by atomic mass is 10.2. The van der Waals surface area contributed by atoms with Crippen molar-refractivity contribution in [3.8, 4) is 0 Å². The molecule has 0 saturated heterocycles. The van der Waals surface area contributed by atoms with Gasteiger partial charge in [-0.05, 0) is 19.2 Å². The van der Waals surface area contributed by atoms with E-state index in [2.05, 4.69) is 10.6 Å². The van der Waals surface area contributed by atoms with Gasteiger partial charge in [-0.1, -0.05) is 0 Å². The Balaban J connectivity index is 2.87. The molecule has 0 aliphatic heterocycles. The van der Waals surface area contributed by atoms with E-state index in [1.807, 2.05) is 0 Å². The van der Waals surface area contributed by atoms with E-state index in [0.717, 1.165) is 6.07 Å². The zero-order valence-electron chi connectivity index (χ0n) is 8.10. The van der Waals surface area contributed by atoms with Crippen molar-refractivity contribution < 1.29 is 13.6 Å². The molecule has 0 radical (unpaired) electrons. The molecule has 0 bridgehead atoms. The molecule has 4 nitrogen and oxygen atoms in total. The van der Waals surface area contributed by atoms with Gasteiger partial charge in [0.2, 0.25) is 5.91 Å². The van der Waals surface area contributed by atoms with E-state index in [4.69, 9.17) is 5.73 Å². The monoisotopic (exact) mass is 215 g/mol. The SMILES string of the molecule is CNCC(=O)Nc1ccc(F)c(F)c1N. The second-order valence-electron chi connectivity index (χ2n) is 2.90. The first-order valence-electron chi connectivity index (χ1n) is 4.24. The number of likely N-dealkylation sites (N-methyl/N-ethyl adjacent to an activating group) is 1. The molecule has 0 aliphatic carbocycles. The minimum atomic E-state index is -1.16. The zero-order valence-corrected chi connectivity index (χ0v) is 8.10. The third kappa shape index (κ3) is 2.63. The van der Waals surface area contributed by atoms with E-state index in [-0.39, 0.29) is 18.1 Å². The second-order valence-corrected chi connectivity index (χ2v) is 2.90. The summed E-state index contributed by atoms with van der Waals surface area (Å²) in [7, 11) is 1.59. The Morgan fingerprint density at radius 1 is 1.47 bits per heavy atom. The van der Waals surface area contributed by atoms with Crippen molar-refractivity contribution in [3.63, 3.8) is 0 Å². The van der Waals surface area contributed by atoms with E-state index in [1.54, 1.807) is 7.05 Å². The molecule has 1 aromatic rings. The van der Waals surface area contributed by atoms with E-state index < -0.39 is 17.3 Å². The van der Waals surface area contributed by atoms with Gasteiger partial charge in [-0.15, -0.1) is 0 Å². The average molecular weight is 215 g/mol. The molecule has 0 saturated carbocycles. The highest BCUT2D eigenvalue weighted by molar-refractivity contribution is 5.95. The van der Waals surface area contributed by atoms with Crippen LogP contribution in [0.25, 0.3) is 0 Å². The quantitative estimate of drug-likeness (QED) is 0.650. The Bertz CT molecular complexity index is 382. The van der Waals surface area contributed by atoms with Crippen molar-refractivity contribution in [1.82, 2.24) is 5.32 Å². The lowest BCUT2D eigenvalue weighted by Crippen LogP contribution is -2.25. The first kappa shape index (κ1) is 11.4. The van der Waals surface area contributed by atoms with E-state index in [9.17, 15) is 13.6 Å². The number of anilines is 2. The molecular formula is C9H11F2N3O. The fraction of sp³-hybridized carbons (Fsp3) is 0.222. The van der Waals surface area contributed by atoms with Gasteiger partial charge >= 0.3 is 0 Å². The molecule has 1 aromatic carbocycles. The van der Waals surface area contributed by atoms with Gasteiger partial charge in [0.15, 0.2) is 11.6 Å². The summed E-state index contributed by atoms with van der Waals surface area (Å²) < 4.78 is 25.6. The van der Waals surface area contributed by atoms with Crippen molar-refractivity contribution in [2.24, 2.45) is 0 Å². The maximum Gasteiger partial charge on any atom is 0.238 e. The fourth-order valence-electron chi connectivity index (χ4n) is 1.03. The minimum absolute atomic E-state index is 0.0640. The van der Waals surface area contributed by atoms with Crippen molar-refractivity contribution in [2.75, 3.05) is 24.6 Å². The number of benzene rings is 1. The van der Waals surface area contributed by atoms with Crippen LogP contribution in [0.1, 0.15) is 0 Å². The normalized spacial score (nSPS) is 10.1. The first-order valence-corrected chi connectivity index (χ1v) is 4.24. The molecule has 1 amide bonds. The maximum atomic E-state index is 13.0. The molecule has 1 rings (SSSR count). The van der Waals surface area contributed by atoms with Gasteiger partial charge in [0.05, 0.1) is 17.9 Å². The van der Waals surface area contributed by atoms with E-state index in [1.165, 1.54) is 6.07 Å². The summed E-state index contributed by atoms with van der Waals surface area (Å²) in [5.41, 5.74) is 4.94. The molecule has 0 fully saturated rings. The van der Waals surface area contributed by atoms with Gasteiger partial charge in [-0.2, -0.15) is 0 Å². The van der Waals surface area contributed by atoms with Gasteiger partial charge in [0.25, 0.3) is 0 Å². The molecule has 0 unspecified atom stereocenters. The van der Waals surface area contributed by atoms with Crippen LogP contribution in [0.5, 0.6) is 0 Å². The number of nitrogens with two attached hydrogens (primary N) is 1. The molecule has 0 spiro atoms. The maximum absolute atomic E-state index is 13.0. The summed E-state index contributed by atoms with van der Waals surface area (Å²) >= 11 is 0. The van der Waals surface area contributed by atoms with Crippen LogP contribution >= 0.6 is 0 Å². The van der Waals surface area contributed by atoms with Crippen molar-refractivity contribution in [1.29, 1.82) is 0 Å². The number of hydrogen-bond acceptors (Lipinski definition) is 3. The Hall–Kier alpha value is -1.69. The molecule has 82 valence electrons. The topological polar surface area (TPSA) is 67.2 Å². The number of amides is 1. The summed E-state index contributed by atoms with van der Waals surface area (Å²) in [5.74, 6) is -2.58. The molecule has 15 heavy (non-hydrogen) atoms. The Morgan fingerprint density at radius 2 is 2.13 bits per heavy atom. The average Bonchev–Trinajstić information content (AvgIpc) is 2.20. The number of halogens is 2. The summed E-state index contributed by atoms with van der Waals surface area (Å²) in [5, 5.41) is 4.96. The standard InChI is InChI=1S/C9H11F2N3O/c1-13-4-7(15)14-6-3-2-5(10)8(11)9(6)12/h2-3,13H,4,12H2,1H3,(H,14,15). The molecule has 4 N–H and O–H groups in total. The van der Waals surface area contributed by atoms with E-state index in [0.29, 0.717) is 0 Å². The molecular weight excluding hydrogens is 204 g/mol. The van der Waals surface area contributed by atoms with Crippen LogP contribution in [0.15, 0.2) is 12.1 Å². The third-order valence-electron chi connectivity index (χ3n) is 1.74. The highest BCUT2D eigenvalue weighted by Gasteiger charge is 2.11. The van der Waals surface area contributed by atoms with Crippen LogP contribution in [0.4, 0.5) is 20.2 Å². The largest absolute Gasteiger partial charge is 0.395 e. The smallest absolute Gasteiger partial charge is 0.238 e. The summed E-state index contributed by atoms with van der Waals surface area (Å²) in [6, 6.07) is 2.11. The molecule has 0 aromatic heterocycles. The van der Waals surface area contributed by atoms with Crippen LogP contribution < -0.4 is 16.4 Å². The number of nitrogens with one attached hydrogen (secondary N) is 2. The van der Waals surface area contributed by atoms with Gasteiger partial charge < -0.3 is 16.4 Å². The second kappa shape index (κ2) is 4.70. The lowest BCUT2D eigenvalue weighted by Gasteiger charge is -2.08. The van der Waals surface area contributed by atoms with Gasteiger partial charge in [0, 0.05) is 0 Å². The number of rotatable bonds is 3. The molecule has 6 heteroatoms. The number of carbonyl (C=O) groups is 1. The highest BCUT2D eigenvalue weighted by Crippen LogP contribution is 2.23. The number of nitrogen functional groups attached to an aromatic ring is 1. The summed E-state index contributed by atoms with van der Waals surface area (Å²) in [6.07, 6.45) is 0. The van der Waals surface area contributed by atoms with Crippen LogP contribution in [-0.2, 0) is 4.79 Å². The summed E-state index contributed by atoms with van der Waals surface area (Å²) in [4.78, 5) is 11.1. The van der Waals surface area contributed by atoms with Crippen LogP contribution in [0.3, 0.4) is 0 Å². The van der Waals surface area contributed by atoms with Crippen molar-refractivity contribution >= 4 is 17.3 Å². The Morgan fingerprint density at radius 3 is 2.73 bits per heavy atom. The molecule has 0 atom stereocenters. The van der Waals surface area contributed by atoms with Gasteiger partial charge in [-0.25, -0.2) is 8.78 Å². The van der Waals surface area contributed by atoms with E-state index >= 15 is 0 Å². The summed E-state index contributed by atoms with van der Waals surface area (Å²) in [6.45, 7) is 0.0679. The fourth-order valence-corrected chi connectivity index (χ4v) is 1.03. The number of hydrogen-bond donors (Lipinski definition) is 3. The van der Waals surface area contributed by atoms with Crippen LogP contribution in [0, 0.1) is 11.6 Å². The van der Waals surface area contributed by atoms with Gasteiger partial charge in [-0.3, -0.25) is 4.79 Å². The van der Waals surface area contributed by atoms with Gasteiger partial charge in [0.1, 0.15) is 0 Å². The molecule has 0 heterocycles. The molecule has 0 aliphatic rings. The van der Waals surface area contributed by atoms with Crippen LogP contribution in [-0.4, -0.2) is 19.5 Å². The predicted molar refractivity (Wildman–Crippen MR) is 53.3 cm³/mol. The Labute approximate surface area is 85.5 Å². The van der Waals surface area contributed by atoms with Crippen molar-refractivity contribution in [2.45, 2.75) is 0 Å². The highest BCUT2D eigenvalue weighted by atomic mass is 19.2. The predicted octanol–water partition coefficient (Wildman–Crippen LogP) is 0.705. The Kier molecular flexibility index (Phi) is 3.56.